The molecular weight excluding hydrogens is 470 g/mol. The highest BCUT2D eigenvalue weighted by Crippen LogP contribution is 2.36. The number of methoxy groups -OCH3 is 1. The third-order valence-corrected chi connectivity index (χ3v) is 4.42. The number of halogens is 6. The molecule has 3 rings (SSSR count). The molecule has 0 saturated heterocycles. The summed E-state index contributed by atoms with van der Waals surface area (Å²) in [6, 6.07) is 7.04. The Kier molecular flexibility index (Phi) is 6.84. The molecule has 0 aliphatic heterocycles. The van der Waals surface area contributed by atoms with Crippen LogP contribution in [0.15, 0.2) is 54.9 Å². The van der Waals surface area contributed by atoms with Gasteiger partial charge < -0.3 is 15.4 Å². The lowest BCUT2D eigenvalue weighted by Crippen LogP contribution is -2.19. The third kappa shape index (κ3) is 6.27. The standard InChI is InChI=1S/C21H16F6N4O3/c1-34-17-4-2-15(3-5-17)29-18(32)11-31-10-16(9-28-31)30-19(33)12-6-13(20(22,23)24)8-14(7-12)21(25,26)27/h2-10H,11H2,1H3,(H,29,32)(H,30,33). The maximum atomic E-state index is 13.0. The smallest absolute Gasteiger partial charge is 0.416 e. The molecule has 2 amide bonds. The number of anilines is 2. The second kappa shape index (κ2) is 9.45. The Morgan fingerprint density at radius 3 is 2.03 bits per heavy atom. The summed E-state index contributed by atoms with van der Waals surface area (Å²) in [5.41, 5.74) is -3.62. The molecule has 180 valence electrons. The van der Waals surface area contributed by atoms with Crippen molar-refractivity contribution in [2.24, 2.45) is 0 Å². The largest absolute Gasteiger partial charge is 0.497 e. The van der Waals surface area contributed by atoms with Crippen LogP contribution in [0.4, 0.5) is 37.7 Å². The van der Waals surface area contributed by atoms with Crippen molar-refractivity contribution in [2.45, 2.75) is 18.9 Å². The summed E-state index contributed by atoms with van der Waals surface area (Å²) in [7, 11) is 1.49. The van der Waals surface area contributed by atoms with Gasteiger partial charge in [0.15, 0.2) is 0 Å². The Hall–Kier alpha value is -4.03. The Balaban J connectivity index is 1.69. The number of nitrogens with zero attached hydrogens (tertiary/aromatic N) is 2. The summed E-state index contributed by atoms with van der Waals surface area (Å²) in [5, 5.41) is 8.62. The van der Waals surface area contributed by atoms with Gasteiger partial charge in [-0.3, -0.25) is 14.3 Å². The molecule has 0 spiro atoms. The summed E-state index contributed by atoms with van der Waals surface area (Å²) in [6.45, 7) is -0.274. The van der Waals surface area contributed by atoms with Crippen LogP contribution < -0.4 is 15.4 Å². The van der Waals surface area contributed by atoms with Crippen LogP contribution in [0.5, 0.6) is 5.75 Å². The zero-order valence-corrected chi connectivity index (χ0v) is 17.3. The van der Waals surface area contributed by atoms with Crippen molar-refractivity contribution in [3.63, 3.8) is 0 Å². The fourth-order valence-electron chi connectivity index (χ4n) is 2.83. The SMILES string of the molecule is COc1ccc(NC(=O)Cn2cc(NC(=O)c3cc(C(F)(F)F)cc(C(F)(F)F)c3)cn2)cc1. The summed E-state index contributed by atoms with van der Waals surface area (Å²) in [4.78, 5) is 24.5. The minimum absolute atomic E-state index is 0.0341. The van der Waals surface area contributed by atoms with E-state index in [9.17, 15) is 35.9 Å². The van der Waals surface area contributed by atoms with Crippen molar-refractivity contribution in [2.75, 3.05) is 17.7 Å². The highest BCUT2D eigenvalue weighted by atomic mass is 19.4. The lowest BCUT2D eigenvalue weighted by atomic mass is 10.0. The van der Waals surface area contributed by atoms with E-state index in [-0.39, 0.29) is 18.3 Å². The van der Waals surface area contributed by atoms with Gasteiger partial charge in [-0.05, 0) is 42.5 Å². The van der Waals surface area contributed by atoms with Gasteiger partial charge in [-0.15, -0.1) is 0 Å². The number of benzene rings is 2. The number of carbonyl (C=O) groups excluding carboxylic acids is 2. The lowest BCUT2D eigenvalue weighted by Gasteiger charge is -2.14. The first-order valence-corrected chi connectivity index (χ1v) is 9.42. The van der Waals surface area contributed by atoms with Gasteiger partial charge >= 0.3 is 12.4 Å². The van der Waals surface area contributed by atoms with Gasteiger partial charge in [0.05, 0.1) is 30.1 Å². The minimum Gasteiger partial charge on any atom is -0.497 e. The first-order valence-electron chi connectivity index (χ1n) is 9.42. The number of amides is 2. The Morgan fingerprint density at radius 2 is 1.50 bits per heavy atom. The number of ether oxygens (including phenoxy) is 1. The highest BCUT2D eigenvalue weighted by molar-refractivity contribution is 6.04. The topological polar surface area (TPSA) is 85.2 Å². The van der Waals surface area contributed by atoms with E-state index < -0.39 is 40.9 Å². The average Bonchev–Trinajstić information content (AvgIpc) is 3.19. The van der Waals surface area contributed by atoms with E-state index in [4.69, 9.17) is 4.74 Å². The number of hydrogen-bond acceptors (Lipinski definition) is 4. The summed E-state index contributed by atoms with van der Waals surface area (Å²) >= 11 is 0. The van der Waals surface area contributed by atoms with Crippen LogP contribution >= 0.6 is 0 Å². The maximum Gasteiger partial charge on any atom is 0.416 e. The summed E-state index contributed by atoms with van der Waals surface area (Å²) in [5.74, 6) is -1.09. The molecule has 0 bridgehead atoms. The second-order valence-corrected chi connectivity index (χ2v) is 6.95. The van der Waals surface area contributed by atoms with E-state index in [0.717, 1.165) is 10.9 Å². The van der Waals surface area contributed by atoms with Crippen molar-refractivity contribution in [1.29, 1.82) is 0 Å². The number of aromatic nitrogens is 2. The molecule has 2 N–H and O–H groups in total. The van der Waals surface area contributed by atoms with E-state index in [1.165, 1.54) is 13.3 Å². The molecule has 3 aromatic rings. The van der Waals surface area contributed by atoms with E-state index in [0.29, 0.717) is 23.6 Å². The zero-order chi connectivity index (χ0) is 25.1. The Labute approximate surface area is 188 Å². The molecule has 1 heterocycles. The molecule has 7 nitrogen and oxygen atoms in total. The van der Waals surface area contributed by atoms with E-state index in [1.54, 1.807) is 24.3 Å². The molecule has 0 unspecified atom stereocenters. The third-order valence-electron chi connectivity index (χ3n) is 4.42. The number of carbonyl (C=O) groups is 2. The lowest BCUT2D eigenvalue weighted by molar-refractivity contribution is -0.143. The van der Waals surface area contributed by atoms with Crippen LogP contribution in [0.1, 0.15) is 21.5 Å². The number of hydrogen-bond donors (Lipinski definition) is 2. The summed E-state index contributed by atoms with van der Waals surface area (Å²) < 4.78 is 84.1. The average molecular weight is 486 g/mol. The first-order chi connectivity index (χ1) is 15.8. The molecule has 0 radical (unpaired) electrons. The molecule has 0 fully saturated rings. The van der Waals surface area contributed by atoms with Gasteiger partial charge in [0.25, 0.3) is 5.91 Å². The fraction of sp³-hybridized carbons (Fsp3) is 0.190. The van der Waals surface area contributed by atoms with Crippen molar-refractivity contribution in [1.82, 2.24) is 9.78 Å². The van der Waals surface area contributed by atoms with Gasteiger partial charge in [0.1, 0.15) is 12.3 Å². The van der Waals surface area contributed by atoms with Crippen molar-refractivity contribution in [3.05, 3.63) is 71.5 Å². The first kappa shape index (κ1) is 24.6. The van der Waals surface area contributed by atoms with Gasteiger partial charge in [-0.2, -0.15) is 31.4 Å². The Morgan fingerprint density at radius 1 is 0.912 bits per heavy atom. The molecule has 0 saturated carbocycles. The van der Waals surface area contributed by atoms with Crippen LogP contribution in [0, 0.1) is 0 Å². The second-order valence-electron chi connectivity index (χ2n) is 6.95. The fourth-order valence-corrected chi connectivity index (χ4v) is 2.83. The minimum atomic E-state index is -5.08. The number of nitrogens with one attached hydrogen (secondary N) is 2. The molecule has 13 heteroatoms. The van der Waals surface area contributed by atoms with Gasteiger partial charge in [-0.1, -0.05) is 0 Å². The van der Waals surface area contributed by atoms with Crippen LogP contribution in [-0.2, 0) is 23.7 Å². The van der Waals surface area contributed by atoms with E-state index in [2.05, 4.69) is 15.7 Å². The maximum absolute atomic E-state index is 13.0. The number of rotatable bonds is 6. The van der Waals surface area contributed by atoms with Crippen LogP contribution in [0.2, 0.25) is 0 Å². The van der Waals surface area contributed by atoms with Gasteiger partial charge in [0.2, 0.25) is 5.91 Å². The van der Waals surface area contributed by atoms with E-state index >= 15 is 0 Å². The van der Waals surface area contributed by atoms with Crippen molar-refractivity contribution in [3.8, 4) is 5.75 Å². The van der Waals surface area contributed by atoms with Crippen LogP contribution in [0.25, 0.3) is 0 Å². The Bertz CT molecular complexity index is 1150. The van der Waals surface area contributed by atoms with E-state index in [1.807, 2.05) is 0 Å². The zero-order valence-electron chi connectivity index (χ0n) is 17.3. The monoisotopic (exact) mass is 486 g/mol. The molecular formula is C21H16F6N4O3. The van der Waals surface area contributed by atoms with Gasteiger partial charge in [0, 0.05) is 17.4 Å². The molecule has 34 heavy (non-hydrogen) atoms. The van der Waals surface area contributed by atoms with Crippen LogP contribution in [0.3, 0.4) is 0 Å². The molecule has 1 aromatic heterocycles. The van der Waals surface area contributed by atoms with Crippen molar-refractivity contribution >= 4 is 23.2 Å². The molecule has 0 aliphatic rings. The highest BCUT2D eigenvalue weighted by Gasteiger charge is 2.37. The quantitative estimate of drug-likeness (QED) is 0.490. The number of alkyl halides is 6. The summed E-state index contributed by atoms with van der Waals surface area (Å²) in [6.07, 6.45) is -7.88. The molecule has 2 aromatic carbocycles. The normalized spacial score (nSPS) is 11.7. The predicted molar refractivity (Wildman–Crippen MR) is 108 cm³/mol. The van der Waals surface area contributed by atoms with Crippen molar-refractivity contribution < 1.29 is 40.7 Å². The molecule has 0 atom stereocenters. The van der Waals surface area contributed by atoms with Gasteiger partial charge in [-0.25, -0.2) is 0 Å². The van der Waals surface area contributed by atoms with Crippen LogP contribution in [-0.4, -0.2) is 28.7 Å². The predicted octanol–water partition coefficient (Wildman–Crippen LogP) is 4.82. The molecule has 0 aliphatic carbocycles.